The van der Waals surface area contributed by atoms with Gasteiger partial charge in [0.1, 0.15) is 9.23 Å². The number of sulfonamides is 1. The molecule has 0 aromatic carbocycles. The van der Waals surface area contributed by atoms with Gasteiger partial charge in [0.2, 0.25) is 10.0 Å². The number of aromatic amines is 1. The third-order valence-corrected chi connectivity index (χ3v) is 6.98. The highest BCUT2D eigenvalue weighted by Crippen LogP contribution is 2.46. The van der Waals surface area contributed by atoms with Crippen LogP contribution in [0.4, 0.5) is 11.6 Å². The molecule has 0 radical (unpaired) electrons. The second-order valence-corrected chi connectivity index (χ2v) is 9.49. The fourth-order valence-electron chi connectivity index (χ4n) is 2.63. The van der Waals surface area contributed by atoms with Gasteiger partial charge in [-0.05, 0) is 24.5 Å². The van der Waals surface area contributed by atoms with Crippen molar-refractivity contribution in [2.24, 2.45) is 11.1 Å². The van der Waals surface area contributed by atoms with E-state index in [1.807, 2.05) is 6.07 Å². The van der Waals surface area contributed by atoms with E-state index in [0.29, 0.717) is 39.2 Å². The fraction of sp³-hybridized carbons (Fsp3) is 0.267. The van der Waals surface area contributed by atoms with Gasteiger partial charge in [-0.3, -0.25) is 5.10 Å². The summed E-state index contributed by atoms with van der Waals surface area (Å²) in [6.45, 7) is 2.20. The quantitative estimate of drug-likeness (QED) is 0.593. The summed E-state index contributed by atoms with van der Waals surface area (Å²) >= 11 is 7.18. The van der Waals surface area contributed by atoms with Crippen LogP contribution in [0, 0.1) is 5.92 Å². The molecule has 1 unspecified atom stereocenters. The number of hydrogen-bond donors (Lipinski definition) is 3. The minimum absolute atomic E-state index is 0.0519. The lowest BCUT2D eigenvalue weighted by molar-refractivity contribution is 0.600. The van der Waals surface area contributed by atoms with Crippen LogP contribution in [0.2, 0.25) is 5.02 Å². The summed E-state index contributed by atoms with van der Waals surface area (Å²) in [5.41, 5.74) is 1.08. The molecular formula is C15H15ClN6O2S2. The predicted molar refractivity (Wildman–Crippen MR) is 100 cm³/mol. The molecule has 0 aliphatic heterocycles. The number of rotatable bonds is 5. The molecule has 0 spiro atoms. The van der Waals surface area contributed by atoms with Crippen LogP contribution < -0.4 is 10.5 Å². The second-order valence-electron chi connectivity index (χ2n) is 6.21. The van der Waals surface area contributed by atoms with Crippen molar-refractivity contribution in [3.63, 3.8) is 0 Å². The van der Waals surface area contributed by atoms with Gasteiger partial charge in [-0.1, -0.05) is 18.5 Å². The van der Waals surface area contributed by atoms with Gasteiger partial charge in [0.15, 0.2) is 17.5 Å². The fourth-order valence-corrected chi connectivity index (χ4v) is 4.44. The monoisotopic (exact) mass is 410 g/mol. The van der Waals surface area contributed by atoms with Gasteiger partial charge < -0.3 is 5.32 Å². The second kappa shape index (κ2) is 6.31. The maximum Gasteiger partial charge on any atom is 0.247 e. The Morgan fingerprint density at radius 3 is 2.85 bits per heavy atom. The van der Waals surface area contributed by atoms with Crippen molar-refractivity contribution in [3.8, 4) is 10.7 Å². The Morgan fingerprint density at radius 1 is 1.42 bits per heavy atom. The molecule has 0 bridgehead atoms. The zero-order chi connectivity index (χ0) is 18.5. The van der Waals surface area contributed by atoms with Crippen LogP contribution in [0.5, 0.6) is 0 Å². The summed E-state index contributed by atoms with van der Waals surface area (Å²) in [6.07, 6.45) is 2.61. The zero-order valence-corrected chi connectivity index (χ0v) is 16.0. The lowest BCUT2D eigenvalue weighted by Gasteiger charge is -2.05. The molecule has 136 valence electrons. The Balaban J connectivity index is 1.60. The first-order valence-electron chi connectivity index (χ1n) is 7.79. The molecule has 1 fully saturated rings. The molecule has 3 heterocycles. The number of nitrogens with one attached hydrogen (secondary N) is 2. The maximum atomic E-state index is 11.4. The Bertz CT molecular complexity index is 1080. The molecule has 4 N–H and O–H groups in total. The van der Waals surface area contributed by atoms with Crippen molar-refractivity contribution in [1.29, 1.82) is 0 Å². The number of anilines is 2. The van der Waals surface area contributed by atoms with E-state index in [1.165, 1.54) is 12.3 Å². The van der Waals surface area contributed by atoms with Crippen molar-refractivity contribution < 1.29 is 8.42 Å². The van der Waals surface area contributed by atoms with Crippen molar-refractivity contribution in [1.82, 2.24) is 20.2 Å². The van der Waals surface area contributed by atoms with Crippen LogP contribution in [0.25, 0.3) is 10.7 Å². The van der Waals surface area contributed by atoms with E-state index < -0.39 is 10.0 Å². The van der Waals surface area contributed by atoms with Gasteiger partial charge in [-0.25, -0.2) is 23.5 Å². The van der Waals surface area contributed by atoms with E-state index in [9.17, 15) is 8.42 Å². The van der Waals surface area contributed by atoms with E-state index in [4.69, 9.17) is 16.7 Å². The summed E-state index contributed by atoms with van der Waals surface area (Å²) in [4.78, 5) is 9.12. The normalized spacial score (nSPS) is 19.5. The third kappa shape index (κ3) is 3.45. The average Bonchev–Trinajstić information content (AvgIpc) is 3.01. The van der Waals surface area contributed by atoms with Crippen LogP contribution in [-0.2, 0) is 10.0 Å². The predicted octanol–water partition coefficient (Wildman–Crippen LogP) is 3.10. The molecule has 0 amide bonds. The standard InChI is InChI=1S/C15H15ClN6O2S2/c1-7-4-8(7)10-5-12(22-21-10)19-14-9(16)6-18-15(20-14)11-2-3-13(25-11)26(17,23)24/h2-3,5-8H,4H2,1H3,(H2,17,23,24)(H2,18,19,20,21,22)/t7-,8?/m0/s1. The highest BCUT2D eigenvalue weighted by molar-refractivity contribution is 7.91. The van der Waals surface area contributed by atoms with Gasteiger partial charge in [-0.2, -0.15) is 5.10 Å². The molecule has 3 aromatic rings. The highest BCUT2D eigenvalue weighted by Gasteiger charge is 2.35. The third-order valence-electron chi connectivity index (χ3n) is 4.18. The number of thiophene rings is 1. The summed E-state index contributed by atoms with van der Waals surface area (Å²) in [5.74, 6) is 2.55. The molecule has 26 heavy (non-hydrogen) atoms. The molecular weight excluding hydrogens is 396 g/mol. The van der Waals surface area contributed by atoms with Gasteiger partial charge in [-0.15, -0.1) is 11.3 Å². The Morgan fingerprint density at radius 2 is 2.19 bits per heavy atom. The Kier molecular flexibility index (Phi) is 4.22. The molecule has 1 aliphatic carbocycles. The van der Waals surface area contributed by atoms with Gasteiger partial charge >= 0.3 is 0 Å². The first kappa shape index (κ1) is 17.4. The van der Waals surface area contributed by atoms with Crippen molar-refractivity contribution in [2.75, 3.05) is 5.32 Å². The van der Waals surface area contributed by atoms with E-state index in [2.05, 4.69) is 32.4 Å². The number of aromatic nitrogens is 4. The van der Waals surface area contributed by atoms with Gasteiger partial charge in [0.25, 0.3) is 0 Å². The van der Waals surface area contributed by atoms with E-state index >= 15 is 0 Å². The number of primary sulfonamides is 1. The number of halogens is 1. The highest BCUT2D eigenvalue weighted by atomic mass is 35.5. The number of nitrogens with zero attached hydrogens (tertiary/aromatic N) is 3. The molecule has 2 atom stereocenters. The molecule has 1 aliphatic rings. The first-order chi connectivity index (χ1) is 12.3. The zero-order valence-electron chi connectivity index (χ0n) is 13.6. The molecule has 4 rings (SSSR count). The lowest BCUT2D eigenvalue weighted by Crippen LogP contribution is -2.09. The van der Waals surface area contributed by atoms with Crippen LogP contribution >= 0.6 is 22.9 Å². The SMILES string of the molecule is C[C@H]1CC1c1cc(Nc2nc(-c3ccc(S(N)(=O)=O)s3)ncc2Cl)n[nH]1. The van der Waals surface area contributed by atoms with Crippen LogP contribution in [-0.4, -0.2) is 28.6 Å². The van der Waals surface area contributed by atoms with E-state index in [-0.39, 0.29) is 4.21 Å². The van der Waals surface area contributed by atoms with E-state index in [1.54, 1.807) is 6.07 Å². The molecule has 1 saturated carbocycles. The number of H-pyrrole nitrogens is 1. The smallest absolute Gasteiger partial charge is 0.247 e. The number of nitrogens with two attached hydrogens (primary N) is 1. The van der Waals surface area contributed by atoms with Gasteiger partial charge in [0.05, 0.1) is 11.1 Å². The lowest BCUT2D eigenvalue weighted by atomic mass is 10.2. The molecule has 0 saturated heterocycles. The summed E-state index contributed by atoms with van der Waals surface area (Å²) < 4.78 is 22.9. The Labute approximate surface area is 158 Å². The first-order valence-corrected chi connectivity index (χ1v) is 10.5. The largest absolute Gasteiger partial charge is 0.322 e. The minimum atomic E-state index is -3.75. The maximum absolute atomic E-state index is 11.4. The number of hydrogen-bond acceptors (Lipinski definition) is 7. The minimum Gasteiger partial charge on any atom is -0.322 e. The Hall–Kier alpha value is -2.01. The van der Waals surface area contributed by atoms with Crippen molar-refractivity contribution >= 4 is 44.6 Å². The molecule has 11 heteroatoms. The average molecular weight is 411 g/mol. The summed E-state index contributed by atoms with van der Waals surface area (Å²) in [5, 5.41) is 15.8. The van der Waals surface area contributed by atoms with Crippen molar-refractivity contribution in [3.05, 3.63) is 35.1 Å². The van der Waals surface area contributed by atoms with Gasteiger partial charge in [0, 0.05) is 17.7 Å². The molecule has 8 nitrogen and oxygen atoms in total. The van der Waals surface area contributed by atoms with Crippen LogP contribution in [0.3, 0.4) is 0 Å². The van der Waals surface area contributed by atoms with E-state index in [0.717, 1.165) is 23.5 Å². The molecule has 3 aromatic heterocycles. The van der Waals surface area contributed by atoms with Crippen LogP contribution in [0.1, 0.15) is 25.0 Å². The summed E-state index contributed by atoms with van der Waals surface area (Å²) in [7, 11) is -3.75. The van der Waals surface area contributed by atoms with Crippen LogP contribution in [0.15, 0.2) is 28.6 Å². The summed E-state index contributed by atoms with van der Waals surface area (Å²) in [6, 6.07) is 4.98. The topological polar surface area (TPSA) is 127 Å². The van der Waals surface area contributed by atoms with Crippen molar-refractivity contribution in [2.45, 2.75) is 23.5 Å².